The third-order valence-electron chi connectivity index (χ3n) is 3.77. The van der Waals surface area contributed by atoms with Crippen LogP contribution in [0.2, 0.25) is 0 Å². The van der Waals surface area contributed by atoms with Gasteiger partial charge in [0.15, 0.2) is 0 Å². The zero-order valence-electron chi connectivity index (χ0n) is 13.5. The number of hydrogen-bond acceptors (Lipinski definition) is 5. The van der Waals surface area contributed by atoms with Crippen LogP contribution in [0.25, 0.3) is 5.00 Å². The van der Waals surface area contributed by atoms with Crippen molar-refractivity contribution in [1.82, 2.24) is 9.88 Å². The number of ether oxygens (including phenoxy) is 1. The van der Waals surface area contributed by atoms with Crippen molar-refractivity contribution in [2.75, 3.05) is 18.9 Å². The summed E-state index contributed by atoms with van der Waals surface area (Å²) in [4.78, 5) is 24.8. The van der Waals surface area contributed by atoms with Gasteiger partial charge in [-0.15, -0.1) is 11.3 Å². The smallest absolute Gasteiger partial charge is 0.341 e. The van der Waals surface area contributed by atoms with Gasteiger partial charge in [-0.3, -0.25) is 4.79 Å². The number of thioether (sulfide) groups is 1. The van der Waals surface area contributed by atoms with Gasteiger partial charge in [0.05, 0.1) is 12.2 Å². The molecule has 2 aromatic rings. The van der Waals surface area contributed by atoms with Crippen LogP contribution in [-0.4, -0.2) is 35.3 Å². The van der Waals surface area contributed by atoms with Crippen molar-refractivity contribution in [2.24, 2.45) is 0 Å². The molecular weight excluding hydrogens is 344 g/mol. The largest absolute Gasteiger partial charge is 0.462 e. The minimum absolute atomic E-state index is 0.0689. The highest BCUT2D eigenvalue weighted by Gasteiger charge is 2.27. The van der Waals surface area contributed by atoms with E-state index in [1.165, 1.54) is 11.8 Å². The molecule has 1 N–H and O–H groups in total. The highest BCUT2D eigenvalue weighted by atomic mass is 32.2. The van der Waals surface area contributed by atoms with Crippen molar-refractivity contribution in [3.8, 4) is 5.00 Å². The molecular formula is C17H20N2O3S2. The van der Waals surface area contributed by atoms with E-state index >= 15 is 0 Å². The molecule has 5 nitrogen and oxygen atoms in total. The average Bonchev–Trinajstić information content (AvgIpc) is 3.21. The molecule has 24 heavy (non-hydrogen) atoms. The van der Waals surface area contributed by atoms with Gasteiger partial charge in [-0.1, -0.05) is 0 Å². The molecule has 0 aliphatic carbocycles. The number of aromatic nitrogens is 1. The monoisotopic (exact) mass is 364 g/mol. The summed E-state index contributed by atoms with van der Waals surface area (Å²) >= 11 is 3.58. The first-order chi connectivity index (χ1) is 11.7. The number of hydrogen-bond donors (Lipinski definition) is 1. The second-order valence-corrected chi connectivity index (χ2v) is 7.74. The van der Waals surface area contributed by atoms with E-state index in [2.05, 4.69) is 5.32 Å². The fraction of sp³-hybridized carbons (Fsp3) is 0.412. The third-order valence-corrected chi connectivity index (χ3v) is 6.19. The van der Waals surface area contributed by atoms with Gasteiger partial charge in [-0.2, -0.15) is 11.8 Å². The summed E-state index contributed by atoms with van der Waals surface area (Å²) in [5.41, 5.74) is 1.86. The van der Waals surface area contributed by atoms with Gasteiger partial charge in [0.2, 0.25) is 5.91 Å². The van der Waals surface area contributed by atoms with Gasteiger partial charge >= 0.3 is 5.97 Å². The number of thiophene rings is 1. The first-order valence-electron chi connectivity index (χ1n) is 7.94. The number of amides is 1. The molecule has 0 unspecified atom stereocenters. The number of fused-ring (bicyclic) bond motifs is 1. The van der Waals surface area contributed by atoms with Gasteiger partial charge in [0.25, 0.3) is 0 Å². The van der Waals surface area contributed by atoms with Crippen LogP contribution in [-0.2, 0) is 21.7 Å². The standard InChI is InChI=1S/C17H20N2O3S2/c1-12(20)18-6-4-9-22-17(21)15-13-5-10-23-11-14(13)24-16(15)19-7-2-3-8-19/h2-3,7-8H,4-6,9-11H2,1H3,(H,18,20). The van der Waals surface area contributed by atoms with Crippen LogP contribution < -0.4 is 5.32 Å². The summed E-state index contributed by atoms with van der Waals surface area (Å²) in [5, 5.41) is 3.65. The van der Waals surface area contributed by atoms with Gasteiger partial charge in [0.1, 0.15) is 5.00 Å². The minimum atomic E-state index is -0.258. The number of carbonyl (C=O) groups excluding carboxylic acids is 2. The molecule has 1 amide bonds. The topological polar surface area (TPSA) is 60.3 Å². The van der Waals surface area contributed by atoms with Crippen LogP contribution in [0, 0.1) is 0 Å². The summed E-state index contributed by atoms with van der Waals surface area (Å²) < 4.78 is 7.46. The van der Waals surface area contributed by atoms with E-state index in [1.807, 2.05) is 40.9 Å². The Morgan fingerprint density at radius 1 is 1.33 bits per heavy atom. The van der Waals surface area contributed by atoms with E-state index in [0.29, 0.717) is 25.1 Å². The maximum absolute atomic E-state index is 12.7. The van der Waals surface area contributed by atoms with Crippen LogP contribution >= 0.6 is 23.1 Å². The van der Waals surface area contributed by atoms with E-state index in [1.54, 1.807) is 11.3 Å². The molecule has 2 aromatic heterocycles. The normalized spacial score (nSPS) is 13.4. The summed E-state index contributed by atoms with van der Waals surface area (Å²) in [7, 11) is 0. The zero-order valence-corrected chi connectivity index (χ0v) is 15.2. The lowest BCUT2D eigenvalue weighted by molar-refractivity contribution is -0.118. The number of nitrogens with one attached hydrogen (secondary N) is 1. The molecule has 0 saturated carbocycles. The second-order valence-electron chi connectivity index (χ2n) is 5.55. The van der Waals surface area contributed by atoms with E-state index in [-0.39, 0.29) is 11.9 Å². The number of nitrogens with zero attached hydrogens (tertiary/aromatic N) is 1. The Balaban J connectivity index is 1.74. The minimum Gasteiger partial charge on any atom is -0.462 e. The van der Waals surface area contributed by atoms with Crippen LogP contribution in [0.4, 0.5) is 0 Å². The maximum Gasteiger partial charge on any atom is 0.341 e. The van der Waals surface area contributed by atoms with Crippen molar-refractivity contribution in [1.29, 1.82) is 0 Å². The number of esters is 1. The Morgan fingerprint density at radius 2 is 2.12 bits per heavy atom. The summed E-state index contributed by atoms with van der Waals surface area (Å²) in [6, 6.07) is 3.91. The SMILES string of the molecule is CC(=O)NCCCOC(=O)c1c(-n2cccc2)sc2c1CCSC2. The molecule has 3 rings (SSSR count). The first-order valence-corrected chi connectivity index (χ1v) is 9.91. The second kappa shape index (κ2) is 7.90. The van der Waals surface area contributed by atoms with Gasteiger partial charge in [0, 0.05) is 36.5 Å². The van der Waals surface area contributed by atoms with Crippen LogP contribution in [0.1, 0.15) is 34.1 Å². The first kappa shape index (κ1) is 17.1. The maximum atomic E-state index is 12.7. The Bertz CT molecular complexity index is 723. The molecule has 128 valence electrons. The van der Waals surface area contributed by atoms with Gasteiger partial charge in [-0.05, 0) is 36.3 Å². The quantitative estimate of drug-likeness (QED) is 0.632. The van der Waals surface area contributed by atoms with Crippen molar-refractivity contribution in [3.63, 3.8) is 0 Å². The lowest BCUT2D eigenvalue weighted by Crippen LogP contribution is -2.22. The van der Waals surface area contributed by atoms with Gasteiger partial charge in [-0.25, -0.2) is 4.79 Å². The van der Waals surface area contributed by atoms with Crippen molar-refractivity contribution >= 4 is 35.0 Å². The third kappa shape index (κ3) is 3.84. The molecule has 0 spiro atoms. The van der Waals surface area contributed by atoms with Crippen molar-refractivity contribution in [3.05, 3.63) is 40.5 Å². The van der Waals surface area contributed by atoms with Crippen molar-refractivity contribution < 1.29 is 14.3 Å². The van der Waals surface area contributed by atoms with Crippen molar-refractivity contribution in [2.45, 2.75) is 25.5 Å². The molecule has 0 bridgehead atoms. The Hall–Kier alpha value is -1.73. The molecule has 0 atom stereocenters. The predicted molar refractivity (Wildman–Crippen MR) is 97.1 cm³/mol. The summed E-state index contributed by atoms with van der Waals surface area (Å²) in [6.07, 6.45) is 5.44. The molecule has 1 aliphatic rings. The lowest BCUT2D eigenvalue weighted by atomic mass is 10.1. The number of rotatable bonds is 6. The van der Waals surface area contributed by atoms with Crippen LogP contribution in [0.3, 0.4) is 0 Å². The lowest BCUT2D eigenvalue weighted by Gasteiger charge is -2.12. The summed E-state index contributed by atoms with van der Waals surface area (Å²) in [6.45, 7) is 2.31. The molecule has 0 saturated heterocycles. The van der Waals surface area contributed by atoms with E-state index in [0.717, 1.165) is 28.5 Å². The highest BCUT2D eigenvalue weighted by molar-refractivity contribution is 7.98. The highest BCUT2D eigenvalue weighted by Crippen LogP contribution is 2.38. The fourth-order valence-electron chi connectivity index (χ4n) is 2.65. The fourth-order valence-corrected chi connectivity index (χ4v) is 5.09. The Kier molecular flexibility index (Phi) is 5.63. The summed E-state index contributed by atoms with van der Waals surface area (Å²) in [5.74, 6) is 1.67. The number of carbonyl (C=O) groups is 2. The Labute approximate surface area is 149 Å². The molecule has 1 aliphatic heterocycles. The molecule has 0 aromatic carbocycles. The molecule has 3 heterocycles. The Morgan fingerprint density at radius 3 is 2.88 bits per heavy atom. The van der Waals surface area contributed by atoms with Gasteiger partial charge < -0.3 is 14.6 Å². The average molecular weight is 364 g/mol. The van der Waals surface area contributed by atoms with Crippen LogP contribution in [0.5, 0.6) is 0 Å². The molecule has 7 heteroatoms. The van der Waals surface area contributed by atoms with E-state index in [9.17, 15) is 9.59 Å². The predicted octanol–water partition coefficient (Wildman–Crippen LogP) is 3.01. The van der Waals surface area contributed by atoms with E-state index < -0.39 is 0 Å². The molecule has 0 radical (unpaired) electrons. The van der Waals surface area contributed by atoms with E-state index in [4.69, 9.17) is 4.74 Å². The van der Waals surface area contributed by atoms with Crippen LogP contribution in [0.15, 0.2) is 24.5 Å². The molecule has 0 fully saturated rings. The zero-order chi connectivity index (χ0) is 16.9.